The first kappa shape index (κ1) is 17.4. The van der Waals surface area contributed by atoms with E-state index in [4.69, 9.17) is 16.3 Å². The fourth-order valence-electron chi connectivity index (χ4n) is 4.63. The summed E-state index contributed by atoms with van der Waals surface area (Å²) in [6, 6.07) is 20.9. The monoisotopic (exact) mass is 392 g/mol. The molecule has 140 valence electrons. The van der Waals surface area contributed by atoms with Gasteiger partial charge >= 0.3 is 5.97 Å². The molecule has 2 N–H and O–H groups in total. The molecule has 0 aromatic heterocycles. The SMILES string of the molecule is O=C(Oc1ccccc1)C1CC2(O)c3ccccc3C1(O)c1ccc(Cl)cc12. The summed E-state index contributed by atoms with van der Waals surface area (Å²) in [7, 11) is 0. The predicted octanol–water partition coefficient (Wildman–Crippen LogP) is 3.75. The largest absolute Gasteiger partial charge is 0.426 e. The van der Waals surface area contributed by atoms with E-state index in [0.717, 1.165) is 0 Å². The van der Waals surface area contributed by atoms with Gasteiger partial charge in [-0.3, -0.25) is 4.79 Å². The van der Waals surface area contributed by atoms with E-state index in [0.29, 0.717) is 33.0 Å². The van der Waals surface area contributed by atoms with Gasteiger partial charge in [-0.25, -0.2) is 0 Å². The van der Waals surface area contributed by atoms with Crippen molar-refractivity contribution in [2.75, 3.05) is 0 Å². The molecule has 3 aliphatic carbocycles. The number of benzene rings is 3. The van der Waals surface area contributed by atoms with Crippen LogP contribution in [-0.2, 0) is 16.0 Å². The normalized spacial score (nSPS) is 27.0. The molecule has 2 bridgehead atoms. The van der Waals surface area contributed by atoms with Crippen molar-refractivity contribution >= 4 is 17.6 Å². The van der Waals surface area contributed by atoms with Crippen LogP contribution in [0, 0.1) is 5.92 Å². The van der Waals surface area contributed by atoms with Gasteiger partial charge in [0.15, 0.2) is 0 Å². The van der Waals surface area contributed by atoms with Gasteiger partial charge in [0.05, 0.1) is 5.92 Å². The number of halogens is 1. The molecule has 28 heavy (non-hydrogen) atoms. The van der Waals surface area contributed by atoms with Gasteiger partial charge in [0.2, 0.25) is 0 Å². The van der Waals surface area contributed by atoms with Crippen molar-refractivity contribution in [1.29, 1.82) is 0 Å². The molecule has 3 atom stereocenters. The van der Waals surface area contributed by atoms with E-state index in [-0.39, 0.29) is 6.42 Å². The second kappa shape index (κ2) is 5.92. The molecule has 0 radical (unpaired) electrons. The van der Waals surface area contributed by atoms with Gasteiger partial charge in [-0.2, -0.15) is 0 Å². The Morgan fingerprint density at radius 2 is 1.54 bits per heavy atom. The highest BCUT2D eigenvalue weighted by Gasteiger charge is 2.62. The highest BCUT2D eigenvalue weighted by molar-refractivity contribution is 6.30. The minimum Gasteiger partial charge on any atom is -0.426 e. The third-order valence-electron chi connectivity index (χ3n) is 5.87. The minimum atomic E-state index is -1.60. The van der Waals surface area contributed by atoms with Crippen LogP contribution in [-0.4, -0.2) is 16.2 Å². The van der Waals surface area contributed by atoms with Crippen LogP contribution in [0.15, 0.2) is 72.8 Å². The van der Waals surface area contributed by atoms with Crippen LogP contribution in [0.3, 0.4) is 0 Å². The molecule has 0 heterocycles. The van der Waals surface area contributed by atoms with Gasteiger partial charge in [-0.1, -0.05) is 60.1 Å². The maximum absolute atomic E-state index is 13.1. The van der Waals surface area contributed by atoms with Crippen LogP contribution in [0.4, 0.5) is 0 Å². The molecule has 3 aromatic rings. The molecular weight excluding hydrogens is 376 g/mol. The number of esters is 1. The van der Waals surface area contributed by atoms with E-state index in [2.05, 4.69) is 0 Å². The zero-order chi connectivity index (χ0) is 19.5. The molecule has 3 aliphatic rings. The molecule has 0 spiro atoms. The predicted molar refractivity (Wildman–Crippen MR) is 104 cm³/mol. The second-order valence-corrected chi connectivity index (χ2v) is 7.79. The molecule has 5 heteroatoms. The maximum Gasteiger partial charge on any atom is 0.318 e. The molecule has 3 aromatic carbocycles. The number of aliphatic hydroxyl groups is 2. The Kier molecular flexibility index (Phi) is 3.68. The van der Waals surface area contributed by atoms with Crippen LogP contribution in [0.1, 0.15) is 28.7 Å². The number of carbonyl (C=O) groups excluding carboxylic acids is 1. The van der Waals surface area contributed by atoms with E-state index >= 15 is 0 Å². The third kappa shape index (κ3) is 2.23. The fraction of sp³-hybridized carbons (Fsp3) is 0.174. The first-order valence-electron chi connectivity index (χ1n) is 9.06. The van der Waals surface area contributed by atoms with Gasteiger partial charge in [0, 0.05) is 11.4 Å². The van der Waals surface area contributed by atoms with Gasteiger partial charge in [0.25, 0.3) is 0 Å². The highest BCUT2D eigenvalue weighted by atomic mass is 35.5. The van der Waals surface area contributed by atoms with Crippen molar-refractivity contribution in [3.8, 4) is 5.75 Å². The number of carbonyl (C=O) groups is 1. The lowest BCUT2D eigenvalue weighted by atomic mass is 9.54. The number of hydrogen-bond acceptors (Lipinski definition) is 4. The summed E-state index contributed by atoms with van der Waals surface area (Å²) in [6.07, 6.45) is 0.0134. The fourth-order valence-corrected chi connectivity index (χ4v) is 4.80. The van der Waals surface area contributed by atoms with E-state index in [1.165, 1.54) is 0 Å². The average Bonchev–Trinajstić information content (AvgIpc) is 2.71. The van der Waals surface area contributed by atoms with E-state index in [1.54, 1.807) is 60.7 Å². The number of ether oxygens (including phenoxy) is 1. The molecule has 0 saturated heterocycles. The van der Waals surface area contributed by atoms with Crippen LogP contribution < -0.4 is 4.74 Å². The topological polar surface area (TPSA) is 66.8 Å². The first-order chi connectivity index (χ1) is 13.4. The molecule has 6 rings (SSSR count). The lowest BCUT2D eigenvalue weighted by Gasteiger charge is -2.53. The smallest absolute Gasteiger partial charge is 0.318 e. The van der Waals surface area contributed by atoms with Crippen molar-refractivity contribution in [2.45, 2.75) is 17.6 Å². The van der Waals surface area contributed by atoms with Crippen LogP contribution >= 0.6 is 11.6 Å². The quantitative estimate of drug-likeness (QED) is 0.515. The van der Waals surface area contributed by atoms with Gasteiger partial charge in [0.1, 0.15) is 17.0 Å². The van der Waals surface area contributed by atoms with Crippen molar-refractivity contribution in [1.82, 2.24) is 0 Å². The Morgan fingerprint density at radius 3 is 2.29 bits per heavy atom. The zero-order valence-electron chi connectivity index (χ0n) is 14.8. The number of para-hydroxylation sites is 1. The van der Waals surface area contributed by atoms with Crippen molar-refractivity contribution in [3.63, 3.8) is 0 Å². The van der Waals surface area contributed by atoms with Crippen LogP contribution in [0.25, 0.3) is 0 Å². The molecule has 0 amide bonds. The Bertz CT molecular complexity index is 1100. The standard InChI is InChI=1S/C23H17ClO4/c24-14-10-11-18-19(12-14)22(26)13-20(21(25)28-15-6-2-1-3-7-15)23(18,27)17-9-5-4-8-16(17)22/h1-12,20,26-27H,13H2. The average molecular weight is 393 g/mol. The lowest BCUT2D eigenvalue weighted by molar-refractivity contribution is -0.157. The van der Waals surface area contributed by atoms with Gasteiger partial charge in [-0.15, -0.1) is 0 Å². The second-order valence-electron chi connectivity index (χ2n) is 7.35. The van der Waals surface area contributed by atoms with Crippen LogP contribution in [0.5, 0.6) is 5.75 Å². The number of fused-ring (bicyclic) bond motifs is 1. The minimum absolute atomic E-state index is 0.0134. The zero-order valence-corrected chi connectivity index (χ0v) is 15.6. The maximum atomic E-state index is 13.1. The molecule has 0 aliphatic heterocycles. The summed E-state index contributed by atoms with van der Waals surface area (Å²) in [5.74, 6) is -1.14. The van der Waals surface area contributed by atoms with Crippen molar-refractivity contribution < 1.29 is 19.7 Å². The van der Waals surface area contributed by atoms with Crippen LogP contribution in [0.2, 0.25) is 5.02 Å². The molecule has 3 unspecified atom stereocenters. The van der Waals surface area contributed by atoms with Crippen molar-refractivity contribution in [3.05, 3.63) is 100 Å². The Balaban J connectivity index is 1.69. The molecular formula is C23H17ClO4. The number of hydrogen-bond donors (Lipinski definition) is 2. The van der Waals surface area contributed by atoms with Crippen molar-refractivity contribution in [2.24, 2.45) is 5.92 Å². The summed E-state index contributed by atoms with van der Waals surface area (Å²) < 4.78 is 5.53. The third-order valence-corrected chi connectivity index (χ3v) is 6.11. The Morgan fingerprint density at radius 1 is 0.893 bits per heavy atom. The number of rotatable bonds is 2. The van der Waals surface area contributed by atoms with Gasteiger partial charge in [-0.05, 0) is 46.5 Å². The molecule has 0 fully saturated rings. The highest BCUT2D eigenvalue weighted by Crippen LogP contribution is 2.60. The Hall–Kier alpha value is -2.66. The molecule has 0 saturated carbocycles. The summed E-state index contributed by atoms with van der Waals surface area (Å²) in [5.41, 5.74) is -0.900. The summed E-state index contributed by atoms with van der Waals surface area (Å²) in [4.78, 5) is 13.1. The molecule has 4 nitrogen and oxygen atoms in total. The first-order valence-corrected chi connectivity index (χ1v) is 9.44. The summed E-state index contributed by atoms with van der Waals surface area (Å²) in [5, 5.41) is 24.0. The van der Waals surface area contributed by atoms with E-state index in [1.807, 2.05) is 12.1 Å². The van der Waals surface area contributed by atoms with Gasteiger partial charge < -0.3 is 14.9 Å². The van der Waals surface area contributed by atoms with E-state index < -0.39 is 23.1 Å². The lowest BCUT2D eigenvalue weighted by Crippen LogP contribution is -2.57. The van der Waals surface area contributed by atoms with E-state index in [9.17, 15) is 15.0 Å². The summed E-state index contributed by atoms with van der Waals surface area (Å²) in [6.45, 7) is 0. The summed E-state index contributed by atoms with van der Waals surface area (Å²) >= 11 is 6.17. The Labute approximate surface area is 167 Å².